The maximum atomic E-state index is 12.0. The highest BCUT2D eigenvalue weighted by Crippen LogP contribution is 2.33. The normalized spacial score (nSPS) is 11.2. The van der Waals surface area contributed by atoms with Crippen LogP contribution in [0.2, 0.25) is 10.0 Å². The molecule has 1 amide bonds. The maximum absolute atomic E-state index is 12.0. The van der Waals surface area contributed by atoms with E-state index in [1.54, 1.807) is 6.07 Å². The molecule has 0 spiro atoms. The number of hydrogen-bond donors (Lipinski definition) is 2. The van der Waals surface area contributed by atoms with E-state index in [4.69, 9.17) is 23.2 Å². The number of H-pyrrole nitrogens is 1. The monoisotopic (exact) mass is 387 g/mol. The van der Waals surface area contributed by atoms with E-state index in [9.17, 15) is 14.7 Å². The molecule has 0 aliphatic heterocycles. The van der Waals surface area contributed by atoms with E-state index in [1.807, 2.05) is 30.3 Å². The van der Waals surface area contributed by atoms with Crippen molar-refractivity contribution in [1.29, 1.82) is 0 Å². The Hall–Kier alpha value is -2.76. The first-order valence-electron chi connectivity index (χ1n) is 7.67. The minimum Gasteiger partial charge on any atom is -0.543 e. The van der Waals surface area contributed by atoms with Gasteiger partial charge in [-0.25, -0.2) is 0 Å². The Morgan fingerprint density at radius 1 is 1.15 bits per heavy atom. The first kappa shape index (κ1) is 18.0. The van der Waals surface area contributed by atoms with Crippen molar-refractivity contribution in [2.75, 3.05) is 0 Å². The quantitative estimate of drug-likeness (QED) is 0.659. The zero-order chi connectivity index (χ0) is 18.7. The molecule has 2 N–H and O–H groups in total. The number of carboxylic acid groups (broad SMARTS) is 1. The van der Waals surface area contributed by atoms with Crippen LogP contribution in [0, 0.1) is 0 Å². The van der Waals surface area contributed by atoms with Gasteiger partial charge in [0.2, 0.25) is 5.91 Å². The van der Waals surface area contributed by atoms with Gasteiger partial charge in [0.05, 0.1) is 16.7 Å². The lowest BCUT2D eigenvalue weighted by Crippen LogP contribution is -2.23. The van der Waals surface area contributed by atoms with Gasteiger partial charge < -0.3 is 20.2 Å². The number of benzene rings is 2. The number of aromatic nitrogens is 1. The number of hydrogen-bond acceptors (Lipinski definition) is 3. The SMILES string of the molecule is O=C(/C=C/c1c(C(=O)[O-])[nH]c2cc(Cl)cc(Cl)c12)NCc1ccccc1. The number of halogens is 2. The molecular formula is C19H13Cl2N2O3-. The Labute approximate surface area is 159 Å². The van der Waals surface area contributed by atoms with Crippen molar-refractivity contribution >= 4 is 52.1 Å². The highest BCUT2D eigenvalue weighted by Gasteiger charge is 2.14. The molecule has 0 bridgehead atoms. The second kappa shape index (κ2) is 7.64. The summed E-state index contributed by atoms with van der Waals surface area (Å²) < 4.78 is 0. The fraction of sp³-hybridized carbons (Fsp3) is 0.0526. The number of aromatic carboxylic acids is 1. The Morgan fingerprint density at radius 3 is 2.58 bits per heavy atom. The van der Waals surface area contributed by atoms with Crippen molar-refractivity contribution in [1.82, 2.24) is 10.3 Å². The van der Waals surface area contributed by atoms with Gasteiger partial charge >= 0.3 is 0 Å². The molecule has 0 aliphatic rings. The summed E-state index contributed by atoms with van der Waals surface area (Å²) in [7, 11) is 0. The lowest BCUT2D eigenvalue weighted by Gasteiger charge is -2.03. The van der Waals surface area contributed by atoms with E-state index < -0.39 is 5.97 Å². The van der Waals surface area contributed by atoms with Gasteiger partial charge in [-0.1, -0.05) is 53.5 Å². The molecule has 0 saturated carbocycles. The van der Waals surface area contributed by atoms with Crippen molar-refractivity contribution in [2.45, 2.75) is 6.54 Å². The van der Waals surface area contributed by atoms with Crippen LogP contribution in [0.5, 0.6) is 0 Å². The molecular weight excluding hydrogens is 375 g/mol. The number of carboxylic acids is 1. The summed E-state index contributed by atoms with van der Waals surface area (Å²) in [5.74, 6) is -1.77. The summed E-state index contributed by atoms with van der Waals surface area (Å²) in [6.45, 7) is 0.363. The predicted octanol–water partition coefficient (Wildman–Crippen LogP) is 3.17. The average Bonchev–Trinajstić information content (AvgIpc) is 2.98. The highest BCUT2D eigenvalue weighted by atomic mass is 35.5. The van der Waals surface area contributed by atoms with E-state index in [0.717, 1.165) is 5.56 Å². The molecule has 0 radical (unpaired) electrons. The molecule has 1 heterocycles. The molecule has 0 saturated heterocycles. The van der Waals surface area contributed by atoms with Crippen LogP contribution in [0.4, 0.5) is 0 Å². The molecule has 5 nitrogen and oxygen atoms in total. The van der Waals surface area contributed by atoms with Crippen molar-refractivity contribution < 1.29 is 14.7 Å². The minimum atomic E-state index is -1.40. The van der Waals surface area contributed by atoms with E-state index in [0.29, 0.717) is 22.5 Å². The molecule has 3 rings (SSSR count). The topological polar surface area (TPSA) is 85.0 Å². The predicted molar refractivity (Wildman–Crippen MR) is 100.0 cm³/mol. The van der Waals surface area contributed by atoms with Gasteiger partial charge in [-0.2, -0.15) is 0 Å². The van der Waals surface area contributed by atoms with Gasteiger partial charge in [-0.3, -0.25) is 4.79 Å². The largest absolute Gasteiger partial charge is 0.543 e. The Kier molecular flexibility index (Phi) is 5.30. The number of carbonyl (C=O) groups excluding carboxylic acids is 2. The molecule has 0 atom stereocenters. The number of carbonyl (C=O) groups is 2. The second-order valence-electron chi connectivity index (χ2n) is 5.55. The zero-order valence-corrected chi connectivity index (χ0v) is 14.9. The molecule has 0 fully saturated rings. The van der Waals surface area contributed by atoms with Crippen LogP contribution in [0.3, 0.4) is 0 Å². The van der Waals surface area contributed by atoms with Crippen LogP contribution >= 0.6 is 23.2 Å². The minimum absolute atomic E-state index is 0.170. The fourth-order valence-corrected chi connectivity index (χ4v) is 3.20. The summed E-state index contributed by atoms with van der Waals surface area (Å²) in [4.78, 5) is 26.1. The smallest absolute Gasteiger partial charge is 0.244 e. The first-order valence-corrected chi connectivity index (χ1v) is 8.43. The van der Waals surface area contributed by atoms with E-state index in [2.05, 4.69) is 10.3 Å². The van der Waals surface area contributed by atoms with Crippen LogP contribution in [0.1, 0.15) is 21.6 Å². The molecule has 2 aromatic carbocycles. The van der Waals surface area contributed by atoms with Crippen LogP contribution < -0.4 is 10.4 Å². The molecule has 26 heavy (non-hydrogen) atoms. The van der Waals surface area contributed by atoms with Crippen molar-refractivity contribution in [3.05, 3.63) is 75.4 Å². The molecule has 0 aliphatic carbocycles. The summed E-state index contributed by atoms with van der Waals surface area (Å²) >= 11 is 12.1. The Balaban J connectivity index is 1.87. The Morgan fingerprint density at radius 2 is 1.88 bits per heavy atom. The van der Waals surface area contributed by atoms with E-state index in [-0.39, 0.29) is 22.2 Å². The fourth-order valence-electron chi connectivity index (χ4n) is 2.60. The third-order valence-electron chi connectivity index (χ3n) is 3.77. The molecule has 3 aromatic rings. The van der Waals surface area contributed by atoms with Crippen molar-refractivity contribution in [3.63, 3.8) is 0 Å². The maximum Gasteiger partial charge on any atom is 0.244 e. The second-order valence-corrected chi connectivity index (χ2v) is 6.39. The third-order valence-corrected chi connectivity index (χ3v) is 4.28. The summed E-state index contributed by atoms with van der Waals surface area (Å²) in [5.41, 5.74) is 1.49. The number of fused-ring (bicyclic) bond motifs is 1. The number of nitrogens with one attached hydrogen (secondary N) is 2. The van der Waals surface area contributed by atoms with Crippen LogP contribution in [-0.4, -0.2) is 16.9 Å². The summed E-state index contributed by atoms with van der Waals surface area (Å²) in [5, 5.41) is 15.2. The van der Waals surface area contributed by atoms with Gasteiger partial charge in [-0.15, -0.1) is 0 Å². The van der Waals surface area contributed by atoms with Gasteiger partial charge in [0.15, 0.2) is 0 Å². The van der Waals surface area contributed by atoms with Crippen LogP contribution in [0.15, 0.2) is 48.5 Å². The lowest BCUT2D eigenvalue weighted by atomic mass is 10.1. The van der Waals surface area contributed by atoms with Crippen LogP contribution in [-0.2, 0) is 11.3 Å². The lowest BCUT2D eigenvalue weighted by molar-refractivity contribution is -0.255. The van der Waals surface area contributed by atoms with Gasteiger partial charge in [-0.05, 0) is 23.8 Å². The van der Waals surface area contributed by atoms with E-state index >= 15 is 0 Å². The first-order chi connectivity index (χ1) is 12.5. The highest BCUT2D eigenvalue weighted by molar-refractivity contribution is 6.39. The average molecular weight is 388 g/mol. The summed E-state index contributed by atoms with van der Waals surface area (Å²) in [6, 6.07) is 12.5. The van der Waals surface area contributed by atoms with Crippen LogP contribution in [0.25, 0.3) is 17.0 Å². The van der Waals surface area contributed by atoms with Crippen molar-refractivity contribution in [2.24, 2.45) is 0 Å². The number of aromatic amines is 1. The van der Waals surface area contributed by atoms with Crippen molar-refractivity contribution in [3.8, 4) is 0 Å². The molecule has 0 unspecified atom stereocenters. The Bertz CT molecular complexity index is 1010. The number of rotatable bonds is 5. The van der Waals surface area contributed by atoms with E-state index in [1.165, 1.54) is 18.2 Å². The number of amides is 1. The zero-order valence-electron chi connectivity index (χ0n) is 13.4. The molecule has 132 valence electrons. The van der Waals surface area contributed by atoms with Gasteiger partial charge in [0, 0.05) is 34.1 Å². The van der Waals surface area contributed by atoms with Gasteiger partial charge in [0.1, 0.15) is 0 Å². The molecule has 1 aromatic heterocycles. The standard InChI is InChI=1S/C19H14Cl2N2O3/c20-12-8-14(21)17-13(18(19(25)26)23-15(17)9-12)6-7-16(24)22-10-11-4-2-1-3-5-11/h1-9,23H,10H2,(H,22,24)(H,25,26)/p-1/b7-6+. The molecule has 7 heteroatoms. The van der Waals surface area contributed by atoms with Gasteiger partial charge in [0.25, 0.3) is 0 Å². The third kappa shape index (κ3) is 3.90. The summed E-state index contributed by atoms with van der Waals surface area (Å²) in [6.07, 6.45) is 2.65.